The van der Waals surface area contributed by atoms with E-state index in [9.17, 15) is 18.8 Å². The van der Waals surface area contributed by atoms with Gasteiger partial charge in [0.2, 0.25) is 5.91 Å². The Morgan fingerprint density at radius 1 is 1.08 bits per heavy atom. The van der Waals surface area contributed by atoms with Crippen molar-refractivity contribution in [1.82, 2.24) is 5.32 Å². The van der Waals surface area contributed by atoms with Crippen molar-refractivity contribution in [1.29, 1.82) is 0 Å². The molecule has 132 valence electrons. The number of carbonyl (C=O) groups is 3. The minimum absolute atomic E-state index is 0.0359. The number of Topliss-reactive ketones (excluding diaryl/α,β-unsaturated/α-hetero) is 1. The van der Waals surface area contributed by atoms with Crippen molar-refractivity contribution in [2.75, 3.05) is 5.32 Å². The summed E-state index contributed by atoms with van der Waals surface area (Å²) < 4.78 is 19.1. The molecule has 0 heterocycles. The van der Waals surface area contributed by atoms with Crippen LogP contribution in [0.2, 0.25) is 0 Å². The molecule has 6 nitrogen and oxygen atoms in total. The van der Waals surface area contributed by atoms with Gasteiger partial charge in [0.15, 0.2) is 5.78 Å². The maximum absolute atomic E-state index is 14.0. The molecular formula is C17H23FN2O4. The summed E-state index contributed by atoms with van der Waals surface area (Å²) in [7, 11) is 0. The van der Waals surface area contributed by atoms with E-state index in [4.69, 9.17) is 4.74 Å². The van der Waals surface area contributed by atoms with Gasteiger partial charge < -0.3 is 15.4 Å². The van der Waals surface area contributed by atoms with Crippen molar-refractivity contribution < 1.29 is 23.5 Å². The molecule has 0 saturated carbocycles. The molecule has 0 unspecified atom stereocenters. The van der Waals surface area contributed by atoms with Gasteiger partial charge in [-0.2, -0.15) is 0 Å². The number of anilines is 1. The molecule has 1 aromatic rings. The van der Waals surface area contributed by atoms with Crippen LogP contribution in [0.1, 0.15) is 51.9 Å². The second-order valence-electron chi connectivity index (χ2n) is 6.92. The van der Waals surface area contributed by atoms with Gasteiger partial charge in [0.05, 0.1) is 5.69 Å². The SMILES string of the molecule is CC(=O)Nc1c(F)cccc1C(=O)C(C)(C)NC(=O)OC(C)(C)C. The van der Waals surface area contributed by atoms with E-state index in [1.807, 2.05) is 0 Å². The predicted molar refractivity (Wildman–Crippen MR) is 88.5 cm³/mol. The summed E-state index contributed by atoms with van der Waals surface area (Å²) >= 11 is 0. The Morgan fingerprint density at radius 3 is 2.17 bits per heavy atom. The molecule has 7 heteroatoms. The minimum Gasteiger partial charge on any atom is -0.444 e. The smallest absolute Gasteiger partial charge is 0.408 e. The second-order valence-corrected chi connectivity index (χ2v) is 6.92. The Bertz CT molecular complexity index is 663. The van der Waals surface area contributed by atoms with E-state index in [-0.39, 0.29) is 11.3 Å². The van der Waals surface area contributed by atoms with Crippen molar-refractivity contribution in [2.45, 2.75) is 52.7 Å². The fourth-order valence-electron chi connectivity index (χ4n) is 1.97. The highest BCUT2D eigenvalue weighted by Crippen LogP contribution is 2.24. The van der Waals surface area contributed by atoms with Gasteiger partial charge in [0.25, 0.3) is 0 Å². The molecular weight excluding hydrogens is 315 g/mol. The number of amides is 2. The lowest BCUT2D eigenvalue weighted by Crippen LogP contribution is -2.51. The van der Waals surface area contributed by atoms with Crippen molar-refractivity contribution >= 4 is 23.5 Å². The molecule has 0 aliphatic carbocycles. The van der Waals surface area contributed by atoms with Crippen LogP contribution < -0.4 is 10.6 Å². The lowest BCUT2D eigenvalue weighted by molar-refractivity contribution is -0.114. The summed E-state index contributed by atoms with van der Waals surface area (Å²) in [4.78, 5) is 35.9. The quantitative estimate of drug-likeness (QED) is 0.825. The molecule has 24 heavy (non-hydrogen) atoms. The van der Waals surface area contributed by atoms with Crippen LogP contribution >= 0.6 is 0 Å². The summed E-state index contributed by atoms with van der Waals surface area (Å²) in [5.74, 6) is -1.80. The minimum atomic E-state index is -1.36. The monoisotopic (exact) mass is 338 g/mol. The zero-order chi connectivity index (χ0) is 18.7. The normalized spacial score (nSPS) is 11.6. The number of hydrogen-bond acceptors (Lipinski definition) is 4. The maximum atomic E-state index is 14.0. The average Bonchev–Trinajstić information content (AvgIpc) is 2.36. The van der Waals surface area contributed by atoms with E-state index < -0.39 is 34.7 Å². The van der Waals surface area contributed by atoms with Crippen molar-refractivity contribution in [2.24, 2.45) is 0 Å². The van der Waals surface area contributed by atoms with Gasteiger partial charge in [-0.05, 0) is 46.8 Å². The van der Waals surface area contributed by atoms with Crippen molar-refractivity contribution in [3.05, 3.63) is 29.6 Å². The first kappa shape index (κ1) is 19.6. The summed E-state index contributed by atoms with van der Waals surface area (Å²) in [6, 6.07) is 3.88. The van der Waals surface area contributed by atoms with Crippen molar-refractivity contribution in [3.8, 4) is 0 Å². The van der Waals surface area contributed by atoms with Gasteiger partial charge in [-0.15, -0.1) is 0 Å². The molecule has 0 atom stereocenters. The number of nitrogens with one attached hydrogen (secondary N) is 2. The van der Waals surface area contributed by atoms with Crippen molar-refractivity contribution in [3.63, 3.8) is 0 Å². The zero-order valence-corrected chi connectivity index (χ0v) is 14.7. The number of halogens is 1. The fourth-order valence-corrected chi connectivity index (χ4v) is 1.97. The molecule has 0 spiro atoms. The van der Waals surface area contributed by atoms with Crippen LogP contribution in [0.15, 0.2) is 18.2 Å². The molecule has 0 aromatic heterocycles. The van der Waals surface area contributed by atoms with Crippen LogP contribution in [0.25, 0.3) is 0 Å². The van der Waals surface area contributed by atoms with Gasteiger partial charge in [-0.25, -0.2) is 9.18 Å². The van der Waals surface area contributed by atoms with E-state index in [1.54, 1.807) is 20.8 Å². The zero-order valence-electron chi connectivity index (χ0n) is 14.7. The predicted octanol–water partition coefficient (Wildman–Crippen LogP) is 3.27. The molecule has 0 bridgehead atoms. The van der Waals surface area contributed by atoms with E-state index in [2.05, 4.69) is 10.6 Å². The van der Waals surface area contributed by atoms with Gasteiger partial charge in [-0.1, -0.05) is 6.07 Å². The molecule has 0 aliphatic heterocycles. The van der Waals surface area contributed by atoms with Gasteiger partial charge in [0, 0.05) is 12.5 Å². The number of alkyl carbamates (subject to hydrolysis) is 1. The van der Waals surface area contributed by atoms with Crippen LogP contribution in [-0.4, -0.2) is 28.9 Å². The number of ether oxygens (including phenoxy) is 1. The maximum Gasteiger partial charge on any atom is 0.408 e. The highest BCUT2D eigenvalue weighted by Gasteiger charge is 2.34. The first-order chi connectivity index (χ1) is 10.8. The third-order valence-electron chi connectivity index (χ3n) is 2.94. The van der Waals surface area contributed by atoms with Gasteiger partial charge in [0.1, 0.15) is 17.0 Å². The van der Waals surface area contributed by atoms with Gasteiger partial charge in [-0.3, -0.25) is 9.59 Å². The third kappa shape index (κ3) is 5.33. The van der Waals surface area contributed by atoms with E-state index in [1.165, 1.54) is 32.9 Å². The number of benzene rings is 1. The molecule has 0 fully saturated rings. The lowest BCUT2D eigenvalue weighted by atomic mass is 9.92. The topological polar surface area (TPSA) is 84.5 Å². The summed E-state index contributed by atoms with van der Waals surface area (Å²) in [6.45, 7) is 9.25. The number of carbonyl (C=O) groups excluding carboxylic acids is 3. The Balaban J connectivity index is 3.10. The van der Waals surface area contributed by atoms with E-state index in [0.29, 0.717) is 0 Å². The summed E-state index contributed by atoms with van der Waals surface area (Å²) in [5.41, 5.74) is -2.33. The Morgan fingerprint density at radius 2 is 1.67 bits per heavy atom. The highest BCUT2D eigenvalue weighted by molar-refractivity contribution is 6.10. The van der Waals surface area contributed by atoms with Crippen LogP contribution in [0.4, 0.5) is 14.9 Å². The molecule has 0 saturated heterocycles. The number of ketones is 1. The van der Waals surface area contributed by atoms with Crippen LogP contribution in [0, 0.1) is 5.82 Å². The summed E-state index contributed by atoms with van der Waals surface area (Å²) in [6.07, 6.45) is -0.765. The second kappa shape index (κ2) is 6.98. The van der Waals surface area contributed by atoms with Gasteiger partial charge >= 0.3 is 6.09 Å². The summed E-state index contributed by atoms with van der Waals surface area (Å²) in [5, 5.41) is 4.77. The number of rotatable bonds is 4. The van der Waals surface area contributed by atoms with E-state index in [0.717, 1.165) is 6.07 Å². The molecule has 0 aliphatic rings. The molecule has 1 rings (SSSR count). The first-order valence-corrected chi connectivity index (χ1v) is 7.45. The molecule has 2 amide bonds. The largest absolute Gasteiger partial charge is 0.444 e. The average molecular weight is 338 g/mol. The lowest BCUT2D eigenvalue weighted by Gasteiger charge is -2.28. The molecule has 2 N–H and O–H groups in total. The molecule has 0 radical (unpaired) electrons. The first-order valence-electron chi connectivity index (χ1n) is 7.45. The van der Waals surface area contributed by atoms with Crippen LogP contribution in [0.3, 0.4) is 0 Å². The molecule has 1 aromatic carbocycles. The highest BCUT2D eigenvalue weighted by atomic mass is 19.1. The van der Waals surface area contributed by atoms with Crippen LogP contribution in [0.5, 0.6) is 0 Å². The van der Waals surface area contributed by atoms with Crippen LogP contribution in [-0.2, 0) is 9.53 Å². The van der Waals surface area contributed by atoms with E-state index >= 15 is 0 Å². The Hall–Kier alpha value is -2.44. The third-order valence-corrected chi connectivity index (χ3v) is 2.94. The number of para-hydroxylation sites is 1. The standard InChI is InChI=1S/C17H23FN2O4/c1-10(21)19-13-11(8-7-9-12(13)18)14(22)17(5,6)20-15(23)24-16(2,3)4/h7-9H,1-6H3,(H,19,21)(H,20,23). The number of hydrogen-bond donors (Lipinski definition) is 2. The fraction of sp³-hybridized carbons (Fsp3) is 0.471. The Kier molecular flexibility index (Phi) is 5.71. The Labute approximate surface area is 140 Å².